The van der Waals surface area contributed by atoms with Crippen LogP contribution in [0.15, 0.2) is 42.5 Å². The van der Waals surface area contributed by atoms with Crippen LogP contribution in [0.2, 0.25) is 10.0 Å². The molecule has 0 saturated heterocycles. The van der Waals surface area contributed by atoms with Gasteiger partial charge in [-0.2, -0.15) is 0 Å². The fourth-order valence-corrected chi connectivity index (χ4v) is 2.82. The van der Waals surface area contributed by atoms with Crippen LogP contribution in [0.25, 0.3) is 0 Å². The molecule has 0 amide bonds. The third-order valence-corrected chi connectivity index (χ3v) is 3.97. The van der Waals surface area contributed by atoms with E-state index in [9.17, 15) is 0 Å². The maximum atomic E-state index is 6.28. The summed E-state index contributed by atoms with van der Waals surface area (Å²) in [6.45, 7) is 2.64. The van der Waals surface area contributed by atoms with Crippen LogP contribution in [0.4, 0.5) is 0 Å². The number of nitrogens with one attached hydrogen (secondary N) is 1. The molecule has 4 heteroatoms. The molecule has 0 saturated carbocycles. The Morgan fingerprint density at radius 1 is 1.14 bits per heavy atom. The van der Waals surface area contributed by atoms with Gasteiger partial charge in [-0.3, -0.25) is 0 Å². The van der Waals surface area contributed by atoms with Crippen LogP contribution in [0, 0.1) is 0 Å². The van der Waals surface area contributed by atoms with Crippen molar-refractivity contribution in [1.82, 2.24) is 5.32 Å². The van der Waals surface area contributed by atoms with Gasteiger partial charge in [-0.05, 0) is 44.2 Å². The van der Waals surface area contributed by atoms with E-state index < -0.39 is 0 Å². The molecule has 0 fully saturated rings. The summed E-state index contributed by atoms with van der Waals surface area (Å²) in [5.41, 5.74) is 2.19. The van der Waals surface area contributed by atoms with Gasteiger partial charge in [0.05, 0.1) is 6.61 Å². The number of ether oxygens (including phenoxy) is 1. The molecular formula is C17H19Cl2NO. The highest BCUT2D eigenvalue weighted by Gasteiger charge is 2.16. The number of para-hydroxylation sites is 1. The molecule has 112 valence electrons. The lowest BCUT2D eigenvalue weighted by Crippen LogP contribution is -2.20. The summed E-state index contributed by atoms with van der Waals surface area (Å²) >= 11 is 12.2. The first-order valence-corrected chi connectivity index (χ1v) is 7.74. The summed E-state index contributed by atoms with van der Waals surface area (Å²) in [4.78, 5) is 0. The van der Waals surface area contributed by atoms with Gasteiger partial charge in [0.2, 0.25) is 0 Å². The SMILES string of the molecule is CCOc1ccccc1C(Cc1ccc(Cl)cc1Cl)NC. The van der Waals surface area contributed by atoms with E-state index in [2.05, 4.69) is 11.4 Å². The Labute approximate surface area is 136 Å². The van der Waals surface area contributed by atoms with E-state index >= 15 is 0 Å². The Morgan fingerprint density at radius 3 is 2.57 bits per heavy atom. The highest BCUT2D eigenvalue weighted by Crippen LogP contribution is 2.30. The quantitative estimate of drug-likeness (QED) is 0.816. The van der Waals surface area contributed by atoms with Crippen molar-refractivity contribution in [2.45, 2.75) is 19.4 Å². The Kier molecular flexibility index (Phi) is 5.92. The lowest BCUT2D eigenvalue weighted by molar-refractivity contribution is 0.332. The van der Waals surface area contributed by atoms with Crippen LogP contribution < -0.4 is 10.1 Å². The van der Waals surface area contributed by atoms with Crippen molar-refractivity contribution >= 4 is 23.2 Å². The van der Waals surface area contributed by atoms with Crippen molar-refractivity contribution in [3.8, 4) is 5.75 Å². The molecule has 0 aliphatic heterocycles. The van der Waals surface area contributed by atoms with E-state index in [1.54, 1.807) is 6.07 Å². The number of hydrogen-bond donors (Lipinski definition) is 1. The predicted molar refractivity (Wildman–Crippen MR) is 89.6 cm³/mol. The number of benzene rings is 2. The van der Waals surface area contributed by atoms with Crippen molar-refractivity contribution in [2.24, 2.45) is 0 Å². The first-order valence-electron chi connectivity index (χ1n) is 6.98. The van der Waals surface area contributed by atoms with Crippen LogP contribution in [0.1, 0.15) is 24.1 Å². The van der Waals surface area contributed by atoms with Gasteiger partial charge in [0.1, 0.15) is 5.75 Å². The van der Waals surface area contributed by atoms with Crippen LogP contribution in [0.5, 0.6) is 5.75 Å². The zero-order chi connectivity index (χ0) is 15.2. The minimum atomic E-state index is 0.131. The van der Waals surface area contributed by atoms with Crippen molar-refractivity contribution in [1.29, 1.82) is 0 Å². The maximum Gasteiger partial charge on any atom is 0.124 e. The van der Waals surface area contributed by atoms with Crippen molar-refractivity contribution in [2.75, 3.05) is 13.7 Å². The molecule has 0 bridgehead atoms. The van der Waals surface area contributed by atoms with Gasteiger partial charge in [0, 0.05) is 21.7 Å². The van der Waals surface area contributed by atoms with E-state index in [1.807, 2.05) is 44.3 Å². The number of halogens is 2. The Hall–Kier alpha value is -1.22. The van der Waals surface area contributed by atoms with Crippen LogP contribution >= 0.6 is 23.2 Å². The third-order valence-electron chi connectivity index (χ3n) is 3.38. The standard InChI is InChI=1S/C17H19Cl2NO/c1-3-21-17-7-5-4-6-14(17)16(20-2)10-12-8-9-13(18)11-15(12)19/h4-9,11,16,20H,3,10H2,1-2H3. The average Bonchev–Trinajstić information content (AvgIpc) is 2.48. The molecule has 0 aromatic heterocycles. The molecule has 2 rings (SSSR count). The largest absolute Gasteiger partial charge is 0.494 e. The zero-order valence-electron chi connectivity index (χ0n) is 12.2. The van der Waals surface area contributed by atoms with Gasteiger partial charge in [0.15, 0.2) is 0 Å². The predicted octanol–water partition coefficient (Wildman–Crippen LogP) is 4.90. The minimum Gasteiger partial charge on any atom is -0.494 e. The van der Waals surface area contributed by atoms with Crippen molar-refractivity contribution in [3.63, 3.8) is 0 Å². The molecule has 0 aliphatic carbocycles. The lowest BCUT2D eigenvalue weighted by atomic mass is 9.98. The van der Waals surface area contributed by atoms with Crippen LogP contribution in [0.3, 0.4) is 0 Å². The Bertz CT molecular complexity index is 601. The second-order valence-corrected chi connectivity index (χ2v) is 5.60. The summed E-state index contributed by atoms with van der Waals surface area (Å²) in [6.07, 6.45) is 0.774. The Morgan fingerprint density at radius 2 is 1.90 bits per heavy atom. The topological polar surface area (TPSA) is 21.3 Å². The fraction of sp³-hybridized carbons (Fsp3) is 0.294. The zero-order valence-corrected chi connectivity index (χ0v) is 13.7. The van der Waals surface area contributed by atoms with E-state index in [1.165, 1.54) is 0 Å². The molecule has 1 atom stereocenters. The molecule has 0 aliphatic rings. The third kappa shape index (κ3) is 4.13. The molecule has 0 spiro atoms. The minimum absolute atomic E-state index is 0.131. The van der Waals surface area contributed by atoms with Crippen LogP contribution in [-0.2, 0) is 6.42 Å². The summed E-state index contributed by atoms with van der Waals surface area (Å²) in [7, 11) is 1.94. The molecule has 0 radical (unpaired) electrons. The monoisotopic (exact) mass is 323 g/mol. The first-order chi connectivity index (χ1) is 10.2. The lowest BCUT2D eigenvalue weighted by Gasteiger charge is -2.20. The number of hydrogen-bond acceptors (Lipinski definition) is 2. The molecule has 21 heavy (non-hydrogen) atoms. The highest BCUT2D eigenvalue weighted by atomic mass is 35.5. The van der Waals surface area contributed by atoms with Gasteiger partial charge in [-0.25, -0.2) is 0 Å². The van der Waals surface area contributed by atoms with Crippen molar-refractivity contribution in [3.05, 3.63) is 63.6 Å². The molecule has 0 heterocycles. The molecular weight excluding hydrogens is 305 g/mol. The number of rotatable bonds is 6. The van der Waals surface area contributed by atoms with Gasteiger partial charge in [-0.1, -0.05) is 47.5 Å². The number of likely N-dealkylation sites (N-methyl/N-ethyl adjacent to an activating group) is 1. The maximum absolute atomic E-state index is 6.28. The van der Waals surface area contributed by atoms with E-state index in [-0.39, 0.29) is 6.04 Å². The summed E-state index contributed by atoms with van der Waals surface area (Å²) in [5, 5.41) is 4.68. The molecule has 2 nitrogen and oxygen atoms in total. The summed E-state index contributed by atoms with van der Waals surface area (Å²) in [5.74, 6) is 0.907. The van der Waals surface area contributed by atoms with E-state index in [0.29, 0.717) is 16.7 Å². The van der Waals surface area contributed by atoms with Gasteiger partial charge < -0.3 is 10.1 Å². The molecule has 1 unspecified atom stereocenters. The normalized spacial score (nSPS) is 12.2. The van der Waals surface area contributed by atoms with Crippen LogP contribution in [-0.4, -0.2) is 13.7 Å². The highest BCUT2D eigenvalue weighted by molar-refractivity contribution is 6.35. The molecule has 2 aromatic rings. The second-order valence-electron chi connectivity index (χ2n) is 4.75. The molecule has 1 N–H and O–H groups in total. The summed E-state index contributed by atoms with van der Waals surface area (Å²) in [6, 6.07) is 13.8. The fourth-order valence-electron chi connectivity index (χ4n) is 2.33. The van der Waals surface area contributed by atoms with E-state index in [4.69, 9.17) is 27.9 Å². The smallest absolute Gasteiger partial charge is 0.124 e. The van der Waals surface area contributed by atoms with Gasteiger partial charge >= 0.3 is 0 Å². The van der Waals surface area contributed by atoms with Crippen molar-refractivity contribution < 1.29 is 4.74 Å². The first kappa shape index (κ1) is 16.2. The van der Waals surface area contributed by atoms with Gasteiger partial charge in [0.25, 0.3) is 0 Å². The van der Waals surface area contributed by atoms with E-state index in [0.717, 1.165) is 23.3 Å². The molecule has 2 aromatic carbocycles. The second kappa shape index (κ2) is 7.69. The average molecular weight is 324 g/mol. The van der Waals surface area contributed by atoms with Gasteiger partial charge in [-0.15, -0.1) is 0 Å². The Balaban J connectivity index is 2.27. The summed E-state index contributed by atoms with van der Waals surface area (Å²) < 4.78 is 5.71.